The molecule has 3 nitrogen and oxygen atoms in total. The summed E-state index contributed by atoms with van der Waals surface area (Å²) in [5.41, 5.74) is 0. The van der Waals surface area contributed by atoms with Gasteiger partial charge in [-0.1, -0.05) is 27.2 Å². The molecular formula is C13H22N2O. The number of likely N-dealkylation sites (tertiary alicyclic amines) is 1. The number of hydrogen-bond acceptors (Lipinski definition) is 2. The second kappa shape index (κ2) is 5.89. The molecule has 0 saturated carbocycles. The Bertz CT molecular complexity index is 280. The summed E-state index contributed by atoms with van der Waals surface area (Å²) in [4.78, 5) is 14.0. The van der Waals surface area contributed by atoms with E-state index in [4.69, 9.17) is 5.26 Å². The third kappa shape index (κ3) is 2.98. The van der Waals surface area contributed by atoms with Crippen molar-refractivity contribution < 1.29 is 4.79 Å². The van der Waals surface area contributed by atoms with E-state index in [2.05, 4.69) is 13.0 Å². The molecule has 1 saturated heterocycles. The monoisotopic (exact) mass is 222 g/mol. The predicted molar refractivity (Wildman–Crippen MR) is 63.5 cm³/mol. The minimum atomic E-state index is -0.458. The molecule has 1 rings (SSSR count). The first-order valence-corrected chi connectivity index (χ1v) is 6.28. The van der Waals surface area contributed by atoms with Crippen LogP contribution in [0.1, 0.15) is 40.0 Å². The summed E-state index contributed by atoms with van der Waals surface area (Å²) in [6.45, 7) is 7.75. The van der Waals surface area contributed by atoms with Crippen LogP contribution in [0.3, 0.4) is 0 Å². The molecule has 2 unspecified atom stereocenters. The molecule has 1 heterocycles. The van der Waals surface area contributed by atoms with Gasteiger partial charge in [-0.25, -0.2) is 0 Å². The van der Waals surface area contributed by atoms with Gasteiger partial charge >= 0.3 is 0 Å². The zero-order valence-corrected chi connectivity index (χ0v) is 10.6. The van der Waals surface area contributed by atoms with Crippen LogP contribution in [-0.4, -0.2) is 23.9 Å². The maximum atomic E-state index is 12.1. The molecule has 0 aliphatic carbocycles. The first-order valence-electron chi connectivity index (χ1n) is 6.28. The van der Waals surface area contributed by atoms with E-state index >= 15 is 0 Å². The highest BCUT2D eigenvalue weighted by Gasteiger charge is 2.31. The van der Waals surface area contributed by atoms with E-state index in [9.17, 15) is 4.79 Å². The number of hydrogen-bond donors (Lipinski definition) is 0. The summed E-state index contributed by atoms with van der Waals surface area (Å²) >= 11 is 0. The second-order valence-corrected chi connectivity index (χ2v) is 5.08. The molecule has 3 heteroatoms. The fraction of sp³-hybridized carbons (Fsp3) is 0.846. The Morgan fingerprint density at radius 2 is 2.25 bits per heavy atom. The molecule has 0 bridgehead atoms. The third-order valence-corrected chi connectivity index (χ3v) is 3.37. The van der Waals surface area contributed by atoms with Gasteiger partial charge < -0.3 is 4.90 Å². The van der Waals surface area contributed by atoms with E-state index < -0.39 is 5.92 Å². The first-order chi connectivity index (χ1) is 7.60. The molecule has 0 aromatic carbocycles. The summed E-state index contributed by atoms with van der Waals surface area (Å²) in [6.07, 6.45) is 3.48. The van der Waals surface area contributed by atoms with Crippen molar-refractivity contribution in [3.8, 4) is 6.07 Å². The zero-order chi connectivity index (χ0) is 12.1. The lowest BCUT2D eigenvalue weighted by Crippen LogP contribution is -2.36. The van der Waals surface area contributed by atoms with Crippen molar-refractivity contribution in [2.45, 2.75) is 40.0 Å². The second-order valence-electron chi connectivity index (χ2n) is 5.08. The normalized spacial score (nSPS) is 22.2. The van der Waals surface area contributed by atoms with Crippen molar-refractivity contribution in [3.05, 3.63) is 0 Å². The van der Waals surface area contributed by atoms with Crippen molar-refractivity contribution >= 4 is 5.91 Å². The van der Waals surface area contributed by atoms with Gasteiger partial charge in [0.15, 0.2) is 0 Å². The number of carbonyl (C=O) groups excluding carboxylic acids is 1. The van der Waals surface area contributed by atoms with Crippen molar-refractivity contribution in [3.63, 3.8) is 0 Å². The number of nitrogens with zero attached hydrogens (tertiary/aromatic N) is 2. The Balaban J connectivity index is 2.53. The van der Waals surface area contributed by atoms with Crippen LogP contribution in [0.4, 0.5) is 0 Å². The molecule has 2 atom stereocenters. The number of rotatable bonds is 4. The Morgan fingerprint density at radius 3 is 2.75 bits per heavy atom. The molecule has 90 valence electrons. The van der Waals surface area contributed by atoms with Gasteiger partial charge in [-0.05, 0) is 24.7 Å². The fourth-order valence-electron chi connectivity index (χ4n) is 2.36. The summed E-state index contributed by atoms with van der Waals surface area (Å²) in [7, 11) is 0. The molecule has 0 spiro atoms. The van der Waals surface area contributed by atoms with E-state index in [-0.39, 0.29) is 11.8 Å². The zero-order valence-electron chi connectivity index (χ0n) is 10.6. The maximum absolute atomic E-state index is 12.1. The van der Waals surface area contributed by atoms with Gasteiger partial charge in [0.25, 0.3) is 0 Å². The number of amides is 1. The SMILES string of the molecule is CCCC1CCN(C(=O)C(C#N)C(C)C)C1. The molecule has 0 aromatic heterocycles. The van der Waals surface area contributed by atoms with Crippen LogP contribution < -0.4 is 0 Å². The van der Waals surface area contributed by atoms with Crippen molar-refractivity contribution in [2.75, 3.05) is 13.1 Å². The minimum Gasteiger partial charge on any atom is -0.341 e. The number of carbonyl (C=O) groups is 1. The van der Waals surface area contributed by atoms with Gasteiger partial charge in [0.1, 0.15) is 5.92 Å². The van der Waals surface area contributed by atoms with E-state index in [1.165, 1.54) is 12.8 Å². The Kier molecular flexibility index (Phi) is 4.79. The lowest BCUT2D eigenvalue weighted by molar-refractivity contribution is -0.133. The standard InChI is InChI=1S/C13H22N2O/c1-4-5-11-6-7-15(9-11)13(16)12(8-14)10(2)3/h10-12H,4-7,9H2,1-3H3. The van der Waals surface area contributed by atoms with Gasteiger partial charge in [0.05, 0.1) is 6.07 Å². The largest absolute Gasteiger partial charge is 0.341 e. The van der Waals surface area contributed by atoms with Gasteiger partial charge in [0, 0.05) is 13.1 Å². The van der Waals surface area contributed by atoms with Crippen LogP contribution in [0.2, 0.25) is 0 Å². The maximum Gasteiger partial charge on any atom is 0.240 e. The lowest BCUT2D eigenvalue weighted by atomic mass is 9.96. The quantitative estimate of drug-likeness (QED) is 0.733. The van der Waals surface area contributed by atoms with Gasteiger partial charge in [-0.3, -0.25) is 4.79 Å². The van der Waals surface area contributed by atoms with E-state index in [0.29, 0.717) is 5.92 Å². The summed E-state index contributed by atoms with van der Waals surface area (Å²) < 4.78 is 0. The van der Waals surface area contributed by atoms with E-state index in [1.54, 1.807) is 0 Å². The van der Waals surface area contributed by atoms with Crippen molar-refractivity contribution in [1.82, 2.24) is 4.90 Å². The Morgan fingerprint density at radius 1 is 1.56 bits per heavy atom. The highest BCUT2D eigenvalue weighted by atomic mass is 16.2. The summed E-state index contributed by atoms with van der Waals surface area (Å²) in [5, 5.41) is 9.00. The molecule has 16 heavy (non-hydrogen) atoms. The summed E-state index contributed by atoms with van der Waals surface area (Å²) in [5.74, 6) is 0.347. The van der Waals surface area contributed by atoms with Crippen LogP contribution in [0, 0.1) is 29.1 Å². The average Bonchev–Trinajstić information content (AvgIpc) is 2.67. The highest BCUT2D eigenvalue weighted by Crippen LogP contribution is 2.24. The molecule has 1 amide bonds. The van der Waals surface area contributed by atoms with Gasteiger partial charge in [-0.15, -0.1) is 0 Å². The highest BCUT2D eigenvalue weighted by molar-refractivity contribution is 5.81. The smallest absolute Gasteiger partial charge is 0.240 e. The first kappa shape index (κ1) is 13.0. The van der Waals surface area contributed by atoms with Crippen LogP contribution in [0.5, 0.6) is 0 Å². The van der Waals surface area contributed by atoms with Crippen LogP contribution in [0.15, 0.2) is 0 Å². The summed E-state index contributed by atoms with van der Waals surface area (Å²) in [6, 6.07) is 2.13. The average molecular weight is 222 g/mol. The van der Waals surface area contributed by atoms with Crippen molar-refractivity contribution in [1.29, 1.82) is 5.26 Å². The van der Waals surface area contributed by atoms with E-state index in [1.807, 2.05) is 18.7 Å². The molecule has 1 fully saturated rings. The van der Waals surface area contributed by atoms with E-state index in [0.717, 1.165) is 19.5 Å². The Labute approximate surface area is 98.4 Å². The fourth-order valence-corrected chi connectivity index (χ4v) is 2.36. The molecule has 0 radical (unpaired) electrons. The molecule has 1 aliphatic heterocycles. The van der Waals surface area contributed by atoms with Crippen LogP contribution in [0.25, 0.3) is 0 Å². The molecule has 1 aliphatic rings. The number of nitriles is 1. The van der Waals surface area contributed by atoms with Crippen LogP contribution >= 0.6 is 0 Å². The molecular weight excluding hydrogens is 200 g/mol. The lowest BCUT2D eigenvalue weighted by Gasteiger charge is -2.21. The van der Waals surface area contributed by atoms with Crippen LogP contribution in [-0.2, 0) is 4.79 Å². The topological polar surface area (TPSA) is 44.1 Å². The predicted octanol–water partition coefficient (Wildman–Crippen LogP) is 2.43. The van der Waals surface area contributed by atoms with Gasteiger partial charge in [-0.2, -0.15) is 5.26 Å². The minimum absolute atomic E-state index is 0.0381. The van der Waals surface area contributed by atoms with Crippen molar-refractivity contribution in [2.24, 2.45) is 17.8 Å². The third-order valence-electron chi connectivity index (χ3n) is 3.37. The Hall–Kier alpha value is -1.04. The molecule has 0 N–H and O–H groups in total. The van der Waals surface area contributed by atoms with Gasteiger partial charge in [0.2, 0.25) is 5.91 Å². The molecule has 0 aromatic rings.